The van der Waals surface area contributed by atoms with Crippen LogP contribution in [0.25, 0.3) is 5.03 Å². The van der Waals surface area contributed by atoms with Crippen LogP contribution in [0.2, 0.25) is 0 Å². The second-order valence-corrected chi connectivity index (χ2v) is 5.30. The van der Waals surface area contributed by atoms with Crippen LogP contribution in [0.5, 0.6) is 0 Å². The van der Waals surface area contributed by atoms with Crippen LogP contribution >= 0.6 is 11.6 Å². The number of rotatable bonds is 2. The van der Waals surface area contributed by atoms with Gasteiger partial charge in [0.1, 0.15) is 5.69 Å². The molecule has 2 aliphatic carbocycles. The molecule has 1 aromatic heterocycles. The number of aromatic nitrogens is 2. The van der Waals surface area contributed by atoms with Gasteiger partial charge >= 0.3 is 0 Å². The molecule has 1 fully saturated rings. The minimum absolute atomic E-state index is 0.583. The molecule has 2 aliphatic rings. The Balaban J connectivity index is 1.94. The Morgan fingerprint density at radius 1 is 1.62 bits per heavy atom. The van der Waals surface area contributed by atoms with E-state index in [9.17, 15) is 0 Å². The molecular weight excluding hydrogens is 222 g/mol. The lowest BCUT2D eigenvalue weighted by atomic mass is 9.86. The average Bonchev–Trinajstić information content (AvgIpc) is 2.93. The number of halogens is 1. The van der Waals surface area contributed by atoms with E-state index in [4.69, 9.17) is 17.3 Å². The summed E-state index contributed by atoms with van der Waals surface area (Å²) in [5.74, 6) is 2.04. The fraction of sp³-hybridized carbons (Fsp3) is 0.583. The Labute approximate surface area is 100 Å². The highest BCUT2D eigenvalue weighted by Gasteiger charge is 2.44. The summed E-state index contributed by atoms with van der Waals surface area (Å²) < 4.78 is 1.86. The molecule has 0 aliphatic heterocycles. The first-order chi connectivity index (χ1) is 7.70. The van der Waals surface area contributed by atoms with Crippen molar-refractivity contribution in [3.63, 3.8) is 0 Å². The van der Waals surface area contributed by atoms with Crippen LogP contribution in [0.3, 0.4) is 0 Å². The van der Waals surface area contributed by atoms with Gasteiger partial charge in [0, 0.05) is 18.8 Å². The highest BCUT2D eigenvalue weighted by molar-refractivity contribution is 6.48. The molecule has 1 saturated carbocycles. The number of allylic oxidation sites excluding steroid dienone is 1. The normalized spacial score (nSPS) is 32.2. The Kier molecular flexibility index (Phi) is 2.33. The van der Waals surface area contributed by atoms with Gasteiger partial charge in [-0.1, -0.05) is 17.7 Å². The monoisotopic (exact) mass is 237 g/mol. The van der Waals surface area contributed by atoms with Crippen molar-refractivity contribution < 1.29 is 0 Å². The van der Waals surface area contributed by atoms with E-state index in [1.54, 1.807) is 0 Å². The lowest BCUT2D eigenvalue weighted by Crippen LogP contribution is -2.10. The van der Waals surface area contributed by atoms with Crippen molar-refractivity contribution in [1.29, 1.82) is 0 Å². The molecule has 1 aromatic rings. The van der Waals surface area contributed by atoms with E-state index in [2.05, 4.69) is 17.4 Å². The van der Waals surface area contributed by atoms with E-state index in [0.717, 1.165) is 29.6 Å². The van der Waals surface area contributed by atoms with E-state index in [0.29, 0.717) is 11.8 Å². The first kappa shape index (κ1) is 10.4. The summed E-state index contributed by atoms with van der Waals surface area (Å²) in [6.07, 6.45) is 6.52. The third kappa shape index (κ3) is 1.50. The van der Waals surface area contributed by atoms with Gasteiger partial charge in [0.25, 0.3) is 0 Å². The van der Waals surface area contributed by atoms with Gasteiger partial charge in [-0.05, 0) is 37.1 Å². The third-order valence-corrected chi connectivity index (χ3v) is 4.16. The number of fused-ring (bicyclic) bond motifs is 1. The van der Waals surface area contributed by atoms with Gasteiger partial charge in [-0.3, -0.25) is 4.68 Å². The maximum Gasteiger partial charge on any atom is 0.107 e. The Morgan fingerprint density at radius 2 is 2.44 bits per heavy atom. The quantitative estimate of drug-likeness (QED) is 0.856. The minimum Gasteiger partial charge on any atom is -0.330 e. The van der Waals surface area contributed by atoms with Gasteiger partial charge in [-0.15, -0.1) is 0 Å². The summed E-state index contributed by atoms with van der Waals surface area (Å²) in [5.41, 5.74) is 8.01. The van der Waals surface area contributed by atoms with Crippen LogP contribution in [-0.4, -0.2) is 16.3 Å². The van der Waals surface area contributed by atoms with Gasteiger partial charge in [0.05, 0.1) is 5.03 Å². The highest BCUT2D eigenvalue weighted by Crippen LogP contribution is 2.52. The number of hydrogen-bond donors (Lipinski definition) is 1. The first-order valence-electron chi connectivity index (χ1n) is 5.80. The van der Waals surface area contributed by atoms with Crippen LogP contribution in [-0.2, 0) is 7.05 Å². The van der Waals surface area contributed by atoms with Crippen LogP contribution in [0.4, 0.5) is 0 Å². The fourth-order valence-electron chi connectivity index (χ4n) is 2.86. The van der Waals surface area contributed by atoms with Gasteiger partial charge in [-0.25, -0.2) is 0 Å². The summed E-state index contributed by atoms with van der Waals surface area (Å²) in [6, 6.07) is 0. The Bertz CT molecular complexity index is 449. The molecule has 1 heterocycles. The Morgan fingerprint density at radius 3 is 3.12 bits per heavy atom. The summed E-state index contributed by atoms with van der Waals surface area (Å²) >= 11 is 6.18. The number of nitrogens with two attached hydrogens (primary N) is 1. The first-order valence-corrected chi connectivity index (χ1v) is 6.18. The predicted octanol–water partition coefficient (Wildman–Crippen LogP) is 2.08. The van der Waals surface area contributed by atoms with Crippen molar-refractivity contribution in [2.24, 2.45) is 24.6 Å². The summed E-state index contributed by atoms with van der Waals surface area (Å²) in [6.45, 7) is 0.814. The molecule has 0 radical (unpaired) electrons. The highest BCUT2D eigenvalue weighted by atomic mass is 35.5. The van der Waals surface area contributed by atoms with Crippen molar-refractivity contribution in [2.75, 3.05) is 6.54 Å². The molecule has 3 atom stereocenters. The van der Waals surface area contributed by atoms with Gasteiger partial charge in [0.2, 0.25) is 0 Å². The predicted molar refractivity (Wildman–Crippen MR) is 65.0 cm³/mol. The second-order valence-electron chi connectivity index (χ2n) is 4.90. The SMILES string of the molecule is Cn1cc2c(n1)C(Cl)=CCC2C1CC1CN. The van der Waals surface area contributed by atoms with E-state index < -0.39 is 0 Å². The van der Waals surface area contributed by atoms with E-state index >= 15 is 0 Å². The van der Waals surface area contributed by atoms with E-state index in [1.807, 2.05) is 11.7 Å². The summed E-state index contributed by atoms with van der Waals surface area (Å²) in [7, 11) is 1.95. The number of hydrogen-bond acceptors (Lipinski definition) is 2. The van der Waals surface area contributed by atoms with E-state index in [-0.39, 0.29) is 0 Å². The molecule has 0 bridgehead atoms. The Hall–Kier alpha value is -0.800. The molecule has 0 spiro atoms. The molecule has 86 valence electrons. The molecular formula is C12H16ClN3. The van der Waals surface area contributed by atoms with Gasteiger partial charge in [0.15, 0.2) is 0 Å². The molecule has 3 rings (SSSR count). The molecule has 3 unspecified atom stereocenters. The van der Waals surface area contributed by atoms with Crippen molar-refractivity contribution in [3.8, 4) is 0 Å². The van der Waals surface area contributed by atoms with Gasteiger partial charge in [-0.2, -0.15) is 5.10 Å². The van der Waals surface area contributed by atoms with Gasteiger partial charge < -0.3 is 5.73 Å². The molecule has 0 saturated heterocycles. The maximum absolute atomic E-state index is 6.18. The largest absolute Gasteiger partial charge is 0.330 e. The number of nitrogens with zero attached hydrogens (tertiary/aromatic N) is 2. The lowest BCUT2D eigenvalue weighted by molar-refractivity contribution is 0.560. The third-order valence-electron chi connectivity index (χ3n) is 3.83. The molecule has 0 aromatic carbocycles. The van der Waals surface area contributed by atoms with Crippen LogP contribution < -0.4 is 5.73 Å². The molecule has 3 nitrogen and oxygen atoms in total. The van der Waals surface area contributed by atoms with Crippen molar-refractivity contribution in [3.05, 3.63) is 23.5 Å². The smallest absolute Gasteiger partial charge is 0.107 e. The molecule has 0 amide bonds. The van der Waals surface area contributed by atoms with Crippen molar-refractivity contribution in [2.45, 2.75) is 18.8 Å². The second kappa shape index (κ2) is 3.60. The van der Waals surface area contributed by atoms with Crippen LogP contribution in [0.15, 0.2) is 12.3 Å². The topological polar surface area (TPSA) is 43.8 Å². The van der Waals surface area contributed by atoms with Crippen molar-refractivity contribution in [1.82, 2.24) is 9.78 Å². The summed E-state index contributed by atoms with van der Waals surface area (Å²) in [4.78, 5) is 0. The standard InChI is InChI=1S/C12H16ClN3/c1-16-6-10-8(9-4-7(9)5-14)2-3-11(13)12(10)15-16/h3,6-9H,2,4-5,14H2,1H3. The van der Waals surface area contributed by atoms with E-state index in [1.165, 1.54) is 12.0 Å². The fourth-order valence-corrected chi connectivity index (χ4v) is 3.09. The van der Waals surface area contributed by atoms with Crippen molar-refractivity contribution >= 4 is 16.6 Å². The lowest BCUT2D eigenvalue weighted by Gasteiger charge is -2.19. The molecule has 4 heteroatoms. The van der Waals surface area contributed by atoms with Crippen LogP contribution in [0.1, 0.15) is 30.0 Å². The molecule has 2 N–H and O–H groups in total. The maximum atomic E-state index is 6.18. The average molecular weight is 238 g/mol. The zero-order valence-electron chi connectivity index (χ0n) is 9.36. The zero-order valence-corrected chi connectivity index (χ0v) is 10.1. The summed E-state index contributed by atoms with van der Waals surface area (Å²) in [5, 5.41) is 5.23. The van der Waals surface area contributed by atoms with Crippen LogP contribution in [0, 0.1) is 11.8 Å². The number of aryl methyl sites for hydroxylation is 1. The zero-order chi connectivity index (χ0) is 11.3. The molecule has 16 heavy (non-hydrogen) atoms. The minimum atomic E-state index is 0.583.